The number of aromatic nitrogens is 2. The van der Waals surface area contributed by atoms with Gasteiger partial charge in [-0.2, -0.15) is 13.2 Å². The first-order valence-corrected chi connectivity index (χ1v) is 6.66. The van der Waals surface area contributed by atoms with Crippen molar-refractivity contribution >= 4 is 16.5 Å². The van der Waals surface area contributed by atoms with E-state index in [2.05, 4.69) is 20.8 Å². The summed E-state index contributed by atoms with van der Waals surface area (Å²) in [6, 6.07) is 0.112. The third kappa shape index (κ3) is 3.32. The van der Waals surface area contributed by atoms with Crippen LogP contribution in [-0.4, -0.2) is 29.3 Å². The molecule has 1 saturated heterocycles. The highest BCUT2D eigenvalue weighted by Gasteiger charge is 2.36. The molecule has 8 heteroatoms. The number of anilines is 1. The van der Waals surface area contributed by atoms with Gasteiger partial charge in [-0.05, 0) is 38.8 Å². The van der Waals surface area contributed by atoms with Crippen LogP contribution in [0.4, 0.5) is 18.3 Å². The first-order valence-electron chi connectivity index (χ1n) is 5.85. The zero-order chi connectivity index (χ0) is 13.2. The molecule has 0 spiro atoms. The topological polar surface area (TPSA) is 49.8 Å². The summed E-state index contributed by atoms with van der Waals surface area (Å²) in [5.41, 5.74) is 0. The molecule has 1 atom stereocenters. The van der Waals surface area contributed by atoms with Crippen LogP contribution in [0.1, 0.15) is 24.8 Å². The van der Waals surface area contributed by atoms with Gasteiger partial charge in [0.15, 0.2) is 0 Å². The quantitative estimate of drug-likeness (QED) is 0.892. The van der Waals surface area contributed by atoms with Gasteiger partial charge in [-0.1, -0.05) is 11.3 Å². The number of nitrogens with one attached hydrogen (secondary N) is 2. The minimum atomic E-state index is -4.41. The van der Waals surface area contributed by atoms with Crippen LogP contribution < -0.4 is 10.6 Å². The monoisotopic (exact) mass is 280 g/mol. The van der Waals surface area contributed by atoms with E-state index in [-0.39, 0.29) is 11.2 Å². The highest BCUT2D eigenvalue weighted by atomic mass is 32.1. The minimum Gasteiger partial charge on any atom is -0.357 e. The van der Waals surface area contributed by atoms with Crippen LogP contribution in [0.3, 0.4) is 0 Å². The molecule has 4 nitrogen and oxygen atoms in total. The molecule has 0 bridgehead atoms. The molecule has 0 aliphatic carbocycles. The molecule has 0 unspecified atom stereocenters. The van der Waals surface area contributed by atoms with Crippen molar-refractivity contribution in [3.05, 3.63) is 5.01 Å². The van der Waals surface area contributed by atoms with Gasteiger partial charge in [-0.15, -0.1) is 10.2 Å². The van der Waals surface area contributed by atoms with Gasteiger partial charge in [-0.25, -0.2) is 0 Å². The first-order chi connectivity index (χ1) is 8.47. The highest BCUT2D eigenvalue weighted by Crippen LogP contribution is 2.33. The number of rotatable bonds is 3. The van der Waals surface area contributed by atoms with Gasteiger partial charge in [0.05, 0.1) is 0 Å². The maximum Gasteiger partial charge on any atom is 0.445 e. The Balaban J connectivity index is 1.94. The second kappa shape index (κ2) is 5.40. The summed E-state index contributed by atoms with van der Waals surface area (Å²) in [5.74, 6) is 0.462. The smallest absolute Gasteiger partial charge is 0.357 e. The van der Waals surface area contributed by atoms with E-state index < -0.39 is 11.2 Å². The van der Waals surface area contributed by atoms with Gasteiger partial charge in [0.2, 0.25) is 10.1 Å². The fourth-order valence-electron chi connectivity index (χ4n) is 2.05. The lowest BCUT2D eigenvalue weighted by atomic mass is 9.91. The van der Waals surface area contributed by atoms with Gasteiger partial charge in [-0.3, -0.25) is 0 Å². The normalized spacial score (nSPS) is 19.8. The summed E-state index contributed by atoms with van der Waals surface area (Å²) >= 11 is 0.558. The minimum absolute atomic E-state index is 0.112. The third-order valence-corrected chi connectivity index (χ3v) is 4.01. The van der Waals surface area contributed by atoms with E-state index in [0.29, 0.717) is 17.3 Å². The van der Waals surface area contributed by atoms with Crippen molar-refractivity contribution in [3.8, 4) is 0 Å². The largest absolute Gasteiger partial charge is 0.445 e. The second-order valence-corrected chi connectivity index (χ2v) is 5.41. The molecule has 0 radical (unpaired) electrons. The van der Waals surface area contributed by atoms with Crippen molar-refractivity contribution in [2.75, 3.05) is 18.4 Å². The summed E-state index contributed by atoms with van der Waals surface area (Å²) < 4.78 is 37.1. The molecule has 1 fully saturated rings. The summed E-state index contributed by atoms with van der Waals surface area (Å²) in [7, 11) is 0. The fraction of sp³-hybridized carbons (Fsp3) is 0.800. The second-order valence-electron chi connectivity index (χ2n) is 4.43. The molecule has 2 rings (SSSR count). The van der Waals surface area contributed by atoms with E-state index in [0.717, 1.165) is 25.9 Å². The van der Waals surface area contributed by atoms with Gasteiger partial charge >= 0.3 is 6.18 Å². The van der Waals surface area contributed by atoms with E-state index in [1.54, 1.807) is 0 Å². The van der Waals surface area contributed by atoms with Crippen molar-refractivity contribution in [2.24, 2.45) is 5.92 Å². The molecular weight excluding hydrogens is 265 g/mol. The SMILES string of the molecule is C[C@H](Nc1nnc(C(F)(F)F)s1)C1CCNCC1. The van der Waals surface area contributed by atoms with Crippen LogP contribution >= 0.6 is 11.3 Å². The van der Waals surface area contributed by atoms with Crippen LogP contribution in [0.15, 0.2) is 0 Å². The molecule has 102 valence electrons. The maximum atomic E-state index is 12.4. The van der Waals surface area contributed by atoms with Gasteiger partial charge < -0.3 is 10.6 Å². The number of hydrogen-bond donors (Lipinski definition) is 2. The van der Waals surface area contributed by atoms with Crippen molar-refractivity contribution in [1.82, 2.24) is 15.5 Å². The van der Waals surface area contributed by atoms with Crippen molar-refractivity contribution in [1.29, 1.82) is 0 Å². The Kier molecular flexibility index (Phi) is 4.06. The molecule has 1 aliphatic heterocycles. The number of hydrogen-bond acceptors (Lipinski definition) is 5. The average Bonchev–Trinajstić information content (AvgIpc) is 2.78. The lowest BCUT2D eigenvalue weighted by molar-refractivity contribution is -0.138. The van der Waals surface area contributed by atoms with E-state index in [4.69, 9.17) is 0 Å². The average molecular weight is 280 g/mol. The Labute approximate surface area is 107 Å². The Bertz CT molecular complexity index is 387. The zero-order valence-corrected chi connectivity index (χ0v) is 10.7. The van der Waals surface area contributed by atoms with E-state index in [1.165, 1.54) is 0 Å². The van der Waals surface area contributed by atoms with Crippen molar-refractivity contribution in [3.63, 3.8) is 0 Å². The Morgan fingerprint density at radius 3 is 2.56 bits per heavy atom. The van der Waals surface area contributed by atoms with Crippen LogP contribution in [0.25, 0.3) is 0 Å². The summed E-state index contributed by atoms with van der Waals surface area (Å²) in [6.45, 7) is 3.89. The standard InChI is InChI=1S/C10H15F3N4S/c1-6(7-2-4-14-5-3-7)15-9-17-16-8(18-9)10(11,12)13/h6-7,14H,2-5H2,1H3,(H,15,17)/t6-/m0/s1. The zero-order valence-electron chi connectivity index (χ0n) is 9.92. The Morgan fingerprint density at radius 1 is 1.33 bits per heavy atom. The van der Waals surface area contributed by atoms with Crippen molar-refractivity contribution in [2.45, 2.75) is 32.0 Å². The van der Waals surface area contributed by atoms with Crippen molar-refractivity contribution < 1.29 is 13.2 Å². The molecule has 2 N–H and O–H groups in total. The first kappa shape index (κ1) is 13.5. The van der Waals surface area contributed by atoms with Crippen LogP contribution in [-0.2, 0) is 6.18 Å². The predicted molar refractivity (Wildman–Crippen MR) is 63.6 cm³/mol. The number of halogens is 3. The van der Waals surface area contributed by atoms with Gasteiger partial charge in [0.25, 0.3) is 0 Å². The Morgan fingerprint density at radius 2 is 2.00 bits per heavy atom. The molecule has 2 heterocycles. The fourth-order valence-corrected chi connectivity index (χ4v) is 2.76. The van der Waals surface area contributed by atoms with E-state index in [9.17, 15) is 13.2 Å². The van der Waals surface area contributed by atoms with E-state index >= 15 is 0 Å². The molecule has 0 aromatic carbocycles. The molecule has 18 heavy (non-hydrogen) atoms. The molecule has 0 amide bonds. The number of piperidine rings is 1. The van der Waals surface area contributed by atoms with E-state index in [1.807, 2.05) is 6.92 Å². The van der Waals surface area contributed by atoms with Gasteiger partial charge in [0, 0.05) is 6.04 Å². The highest BCUT2D eigenvalue weighted by molar-refractivity contribution is 7.15. The summed E-state index contributed by atoms with van der Waals surface area (Å²) in [6.07, 6.45) is -2.35. The lowest BCUT2D eigenvalue weighted by Crippen LogP contribution is -2.36. The predicted octanol–water partition coefficient (Wildman–Crippen LogP) is 2.36. The molecule has 1 aromatic rings. The van der Waals surface area contributed by atoms with Crippen LogP contribution in [0.2, 0.25) is 0 Å². The van der Waals surface area contributed by atoms with Crippen LogP contribution in [0, 0.1) is 5.92 Å². The molecular formula is C10H15F3N4S. The van der Waals surface area contributed by atoms with Gasteiger partial charge in [0.1, 0.15) is 0 Å². The van der Waals surface area contributed by atoms with Crippen LogP contribution in [0.5, 0.6) is 0 Å². The third-order valence-electron chi connectivity index (χ3n) is 3.11. The molecule has 1 aromatic heterocycles. The molecule has 1 aliphatic rings. The maximum absolute atomic E-state index is 12.4. The molecule has 0 saturated carbocycles. The summed E-state index contributed by atoms with van der Waals surface area (Å²) in [5, 5.41) is 12.3. The lowest BCUT2D eigenvalue weighted by Gasteiger charge is -2.28. The number of nitrogens with zero attached hydrogens (tertiary/aromatic N) is 2. The summed E-state index contributed by atoms with van der Waals surface area (Å²) in [4.78, 5) is 0. The number of alkyl halides is 3. The Hall–Kier alpha value is -0.890.